The third-order valence-electron chi connectivity index (χ3n) is 8.16. The molecule has 0 aliphatic carbocycles. The number of nitrogens with one attached hydrogen (secondary N) is 1. The van der Waals surface area contributed by atoms with Crippen molar-refractivity contribution in [3.63, 3.8) is 0 Å². The molecule has 1 fully saturated rings. The monoisotopic (exact) mass is 658 g/mol. The van der Waals surface area contributed by atoms with Gasteiger partial charge in [-0.3, -0.25) is 9.32 Å². The molecule has 1 saturated heterocycles. The first-order valence-electron chi connectivity index (χ1n) is 15.2. The number of esters is 1. The number of aromatic nitrogens is 3. The van der Waals surface area contributed by atoms with Crippen LogP contribution in [0.4, 0.5) is 5.82 Å². The number of aliphatic hydroxyl groups is 2. The SMILES string of the molecule is CCC(CC)COC(=O)[C@H](C)NP(=O)(OC[C@H]1O[C@@](C#N)(c2ccc3c(N)ncnn23)C(O)C1O)Oc1ccc(C(C)(C)C)cc1. The van der Waals surface area contributed by atoms with Gasteiger partial charge in [-0.1, -0.05) is 59.6 Å². The lowest BCUT2D eigenvalue weighted by Gasteiger charge is -2.26. The van der Waals surface area contributed by atoms with Crippen molar-refractivity contribution in [1.29, 1.82) is 5.26 Å². The Hall–Kier alpha value is -3.57. The van der Waals surface area contributed by atoms with E-state index in [1.54, 1.807) is 18.2 Å². The second-order valence-electron chi connectivity index (χ2n) is 12.4. The van der Waals surface area contributed by atoms with Crippen LogP contribution in [-0.4, -0.2) is 68.3 Å². The summed E-state index contributed by atoms with van der Waals surface area (Å²) in [5.41, 5.74) is 5.16. The fourth-order valence-electron chi connectivity index (χ4n) is 5.11. The molecule has 4 rings (SSSR count). The first-order valence-corrected chi connectivity index (χ1v) is 16.7. The number of nitrogens with two attached hydrogens (primary N) is 1. The van der Waals surface area contributed by atoms with E-state index in [-0.39, 0.29) is 35.2 Å². The molecule has 3 unspecified atom stereocenters. The summed E-state index contributed by atoms with van der Waals surface area (Å²) in [5, 5.41) is 39.0. The number of aliphatic hydroxyl groups excluding tert-OH is 2. The van der Waals surface area contributed by atoms with Crippen LogP contribution >= 0.6 is 7.75 Å². The van der Waals surface area contributed by atoms with Crippen LogP contribution in [0.5, 0.6) is 5.75 Å². The van der Waals surface area contributed by atoms with E-state index in [1.807, 2.05) is 32.0 Å². The van der Waals surface area contributed by atoms with Crippen molar-refractivity contribution in [2.75, 3.05) is 18.9 Å². The number of benzene rings is 1. The highest BCUT2D eigenvalue weighted by Crippen LogP contribution is 2.47. The van der Waals surface area contributed by atoms with Crippen LogP contribution in [-0.2, 0) is 34.4 Å². The molecule has 3 heterocycles. The molecule has 0 radical (unpaired) electrons. The van der Waals surface area contributed by atoms with Crippen molar-refractivity contribution >= 4 is 25.1 Å². The van der Waals surface area contributed by atoms with Gasteiger partial charge >= 0.3 is 13.7 Å². The number of hydrogen-bond acceptors (Lipinski definition) is 12. The van der Waals surface area contributed by atoms with Gasteiger partial charge in [0.25, 0.3) is 0 Å². The standard InChI is InChI=1S/C31H43N6O8P/c1-7-20(8-2)15-42-29(40)19(3)36-46(41,45-22-11-9-21(10-12-22)30(4,5)6)43-16-24-26(38)27(39)31(17-32,44-24)25-14-13-23-28(33)34-18-35-37(23)25/h9-14,18-20,24,26-27,38-39H,7-8,15-16H2,1-6H3,(H,36,41)(H2,33,34,35)/t19-,24+,26?,27?,31-,46?/m0/s1. The Labute approximate surface area is 268 Å². The Morgan fingerprint density at radius 1 is 1.22 bits per heavy atom. The van der Waals surface area contributed by atoms with E-state index in [0.29, 0.717) is 5.52 Å². The third-order valence-corrected chi connectivity index (χ3v) is 9.81. The number of fused-ring (bicyclic) bond motifs is 1. The summed E-state index contributed by atoms with van der Waals surface area (Å²) in [5.74, 6) is -0.141. The normalized spacial score (nSPS) is 23.6. The number of anilines is 1. The predicted octanol–water partition coefficient (Wildman–Crippen LogP) is 3.61. The number of hydrogen-bond donors (Lipinski definition) is 4. The van der Waals surface area contributed by atoms with Crippen LogP contribution in [0.3, 0.4) is 0 Å². The summed E-state index contributed by atoms with van der Waals surface area (Å²) in [6.07, 6.45) is -1.90. The van der Waals surface area contributed by atoms with Crippen molar-refractivity contribution in [2.45, 2.75) is 89.8 Å². The van der Waals surface area contributed by atoms with Gasteiger partial charge in [0.15, 0.2) is 5.82 Å². The Kier molecular flexibility index (Phi) is 10.8. The van der Waals surface area contributed by atoms with E-state index < -0.39 is 50.3 Å². The molecule has 14 nitrogen and oxygen atoms in total. The molecule has 5 N–H and O–H groups in total. The second kappa shape index (κ2) is 14.0. The van der Waals surface area contributed by atoms with Gasteiger partial charge in [-0.15, -0.1) is 0 Å². The minimum Gasteiger partial charge on any atom is -0.464 e. The molecule has 0 spiro atoms. The van der Waals surface area contributed by atoms with Gasteiger partial charge in [0, 0.05) is 0 Å². The lowest BCUT2D eigenvalue weighted by molar-refractivity contribution is -0.146. The summed E-state index contributed by atoms with van der Waals surface area (Å²) in [7, 11) is -4.37. The topological polar surface area (TPSA) is 204 Å². The fraction of sp³-hybridized carbons (Fsp3) is 0.548. The minimum absolute atomic E-state index is 0.0958. The summed E-state index contributed by atoms with van der Waals surface area (Å²) < 4.78 is 38.4. The number of nitrogen functional groups attached to an aromatic ring is 1. The van der Waals surface area contributed by atoms with Crippen LogP contribution in [0.2, 0.25) is 0 Å². The maximum Gasteiger partial charge on any atom is 0.459 e. The zero-order valence-electron chi connectivity index (χ0n) is 26.9. The number of ether oxygens (including phenoxy) is 2. The van der Waals surface area contributed by atoms with Crippen LogP contribution in [0.25, 0.3) is 5.52 Å². The van der Waals surface area contributed by atoms with Crippen LogP contribution in [0.1, 0.15) is 65.6 Å². The molecule has 250 valence electrons. The van der Waals surface area contributed by atoms with Crippen molar-refractivity contribution in [3.05, 3.63) is 54.0 Å². The zero-order chi connectivity index (χ0) is 33.9. The Morgan fingerprint density at radius 2 is 1.89 bits per heavy atom. The lowest BCUT2D eigenvalue weighted by Crippen LogP contribution is -2.41. The zero-order valence-corrected chi connectivity index (χ0v) is 27.8. The van der Waals surface area contributed by atoms with Crippen molar-refractivity contribution in [2.24, 2.45) is 5.92 Å². The van der Waals surface area contributed by atoms with E-state index in [9.17, 15) is 24.8 Å². The third kappa shape index (κ3) is 7.36. The van der Waals surface area contributed by atoms with E-state index in [4.69, 9.17) is 24.3 Å². The molecule has 3 aromatic rings. The smallest absolute Gasteiger partial charge is 0.459 e. The van der Waals surface area contributed by atoms with Crippen molar-refractivity contribution < 1.29 is 38.1 Å². The number of carbonyl (C=O) groups excluding carboxylic acids is 1. The van der Waals surface area contributed by atoms with Crippen LogP contribution < -0.4 is 15.3 Å². The van der Waals surface area contributed by atoms with E-state index in [2.05, 4.69) is 35.9 Å². The average Bonchev–Trinajstić information content (AvgIpc) is 3.56. The van der Waals surface area contributed by atoms with E-state index in [1.165, 1.54) is 23.8 Å². The number of nitriles is 1. The number of rotatable bonds is 13. The Balaban J connectivity index is 1.57. The fourth-order valence-corrected chi connectivity index (χ4v) is 6.61. The molecule has 6 atom stereocenters. The van der Waals surface area contributed by atoms with Gasteiger partial charge < -0.3 is 29.9 Å². The molecule has 0 amide bonds. The summed E-state index contributed by atoms with van der Waals surface area (Å²) in [4.78, 5) is 16.8. The van der Waals surface area contributed by atoms with Gasteiger partial charge in [-0.2, -0.15) is 15.4 Å². The Bertz CT molecular complexity index is 1600. The molecule has 46 heavy (non-hydrogen) atoms. The van der Waals surface area contributed by atoms with E-state index >= 15 is 0 Å². The quantitative estimate of drug-likeness (QED) is 0.153. The minimum atomic E-state index is -4.37. The second-order valence-corrected chi connectivity index (χ2v) is 14.1. The predicted molar refractivity (Wildman–Crippen MR) is 169 cm³/mol. The molecule has 1 aliphatic rings. The van der Waals surface area contributed by atoms with Crippen molar-refractivity contribution in [1.82, 2.24) is 19.7 Å². The van der Waals surface area contributed by atoms with Gasteiger partial charge in [0.1, 0.15) is 48.0 Å². The molecule has 0 bridgehead atoms. The lowest BCUT2D eigenvalue weighted by atomic mass is 9.87. The van der Waals surface area contributed by atoms with Crippen LogP contribution in [0, 0.1) is 17.2 Å². The first-order chi connectivity index (χ1) is 21.7. The molecule has 0 saturated carbocycles. The maximum absolute atomic E-state index is 14.2. The Morgan fingerprint density at radius 3 is 2.50 bits per heavy atom. The molecule has 1 aromatic carbocycles. The average molecular weight is 659 g/mol. The summed E-state index contributed by atoms with van der Waals surface area (Å²) >= 11 is 0. The van der Waals surface area contributed by atoms with E-state index in [0.717, 1.165) is 18.4 Å². The van der Waals surface area contributed by atoms with Gasteiger partial charge in [0.05, 0.1) is 18.9 Å². The molecular formula is C31H43N6O8P. The summed E-state index contributed by atoms with van der Waals surface area (Å²) in [6.45, 7) is 11.2. The van der Waals surface area contributed by atoms with Crippen LogP contribution in [0.15, 0.2) is 42.7 Å². The number of carbonyl (C=O) groups is 1. The largest absolute Gasteiger partial charge is 0.464 e. The summed E-state index contributed by atoms with van der Waals surface area (Å²) in [6, 6.07) is 10.8. The highest BCUT2D eigenvalue weighted by Gasteiger charge is 2.58. The van der Waals surface area contributed by atoms with Crippen molar-refractivity contribution in [3.8, 4) is 11.8 Å². The van der Waals surface area contributed by atoms with Gasteiger partial charge in [0.2, 0.25) is 5.60 Å². The highest BCUT2D eigenvalue weighted by atomic mass is 31.2. The molecule has 2 aromatic heterocycles. The molecular weight excluding hydrogens is 615 g/mol. The first kappa shape index (κ1) is 35.3. The van der Waals surface area contributed by atoms with Gasteiger partial charge in [-0.05, 0) is 48.1 Å². The number of nitrogens with zero attached hydrogens (tertiary/aromatic N) is 4. The maximum atomic E-state index is 14.2. The molecule has 1 aliphatic heterocycles. The molecule has 15 heteroatoms. The van der Waals surface area contributed by atoms with Gasteiger partial charge in [-0.25, -0.2) is 14.1 Å². The highest BCUT2D eigenvalue weighted by molar-refractivity contribution is 7.52.